The Morgan fingerprint density at radius 2 is 1.44 bits per heavy atom. The van der Waals surface area contributed by atoms with Crippen LogP contribution in [0.4, 0.5) is 0 Å². The van der Waals surface area contributed by atoms with Crippen molar-refractivity contribution in [2.45, 2.75) is 19.9 Å². The molecule has 25 heavy (non-hydrogen) atoms. The molecule has 8 heteroatoms. The molecule has 1 amide bonds. The third-order valence-electron chi connectivity index (χ3n) is 3.63. The molecule has 0 heterocycles. The van der Waals surface area contributed by atoms with Crippen LogP contribution in [0.3, 0.4) is 0 Å². The summed E-state index contributed by atoms with van der Waals surface area (Å²) >= 11 is 0. The Hall–Kier alpha value is -2.77. The van der Waals surface area contributed by atoms with E-state index in [1.54, 1.807) is 12.1 Å². The molecule has 0 bridgehead atoms. The normalized spacial score (nSPS) is 12.6. The monoisotopic (exact) mass is 353 g/mol. The molecule has 1 rings (SSSR count). The Morgan fingerprint density at radius 3 is 1.76 bits per heavy atom. The van der Waals surface area contributed by atoms with Crippen LogP contribution in [0.1, 0.15) is 25.5 Å². The Bertz CT molecular complexity index is 631. The number of benzene rings is 1. The first kappa shape index (κ1) is 20.3. The highest BCUT2D eigenvalue weighted by Gasteiger charge is 2.36. The zero-order chi connectivity index (χ0) is 19.1. The Labute approximate surface area is 146 Å². The van der Waals surface area contributed by atoms with Crippen LogP contribution in [0, 0.1) is 5.92 Å². The molecule has 0 radical (unpaired) electrons. The lowest BCUT2D eigenvalue weighted by atomic mass is 9.89. The smallest absolute Gasteiger partial charge is 0.318 e. The van der Waals surface area contributed by atoms with Crippen LogP contribution in [0.15, 0.2) is 12.1 Å². The fourth-order valence-electron chi connectivity index (χ4n) is 2.52. The van der Waals surface area contributed by atoms with Crippen molar-refractivity contribution < 1.29 is 33.3 Å². The van der Waals surface area contributed by atoms with Gasteiger partial charge in [0.05, 0.1) is 34.5 Å². The molecular formula is C17H23NO7. The molecule has 1 aromatic carbocycles. The average Bonchev–Trinajstić information content (AvgIpc) is 2.58. The molecule has 0 aliphatic heterocycles. The fourth-order valence-corrected chi connectivity index (χ4v) is 2.52. The van der Waals surface area contributed by atoms with E-state index in [0.29, 0.717) is 22.8 Å². The van der Waals surface area contributed by atoms with Gasteiger partial charge in [-0.05, 0) is 24.6 Å². The lowest BCUT2D eigenvalue weighted by molar-refractivity contribution is -0.150. The number of rotatable bonds is 8. The third-order valence-corrected chi connectivity index (χ3v) is 3.63. The van der Waals surface area contributed by atoms with E-state index < -0.39 is 29.6 Å². The van der Waals surface area contributed by atoms with Crippen molar-refractivity contribution in [2.24, 2.45) is 5.92 Å². The maximum atomic E-state index is 12.1. The van der Waals surface area contributed by atoms with Gasteiger partial charge in [0.15, 0.2) is 11.5 Å². The van der Waals surface area contributed by atoms with Crippen LogP contribution in [0.25, 0.3) is 0 Å². The second-order valence-corrected chi connectivity index (χ2v) is 5.25. The van der Waals surface area contributed by atoms with E-state index >= 15 is 0 Å². The molecule has 0 unspecified atom stereocenters. The van der Waals surface area contributed by atoms with Crippen LogP contribution in [0.5, 0.6) is 17.2 Å². The molecule has 2 atom stereocenters. The first-order valence-corrected chi connectivity index (χ1v) is 7.45. The van der Waals surface area contributed by atoms with Gasteiger partial charge in [-0.2, -0.15) is 0 Å². The van der Waals surface area contributed by atoms with Crippen molar-refractivity contribution in [3.05, 3.63) is 17.7 Å². The highest BCUT2D eigenvalue weighted by atomic mass is 16.5. The summed E-state index contributed by atoms with van der Waals surface area (Å²) in [6, 6.07) is 2.19. The van der Waals surface area contributed by atoms with Crippen molar-refractivity contribution in [1.82, 2.24) is 5.32 Å². The molecule has 1 aromatic rings. The maximum Gasteiger partial charge on any atom is 0.318 e. The van der Waals surface area contributed by atoms with E-state index in [0.717, 1.165) is 0 Å². The lowest BCUT2D eigenvalue weighted by Gasteiger charge is -2.25. The van der Waals surface area contributed by atoms with E-state index in [1.165, 1.54) is 42.3 Å². The summed E-state index contributed by atoms with van der Waals surface area (Å²) in [5, 5.41) is 2.62. The second-order valence-electron chi connectivity index (χ2n) is 5.25. The van der Waals surface area contributed by atoms with Gasteiger partial charge >= 0.3 is 5.97 Å². The second kappa shape index (κ2) is 8.91. The van der Waals surface area contributed by atoms with Gasteiger partial charge < -0.3 is 24.3 Å². The lowest BCUT2D eigenvalue weighted by Crippen LogP contribution is -2.39. The van der Waals surface area contributed by atoms with Gasteiger partial charge in [0.2, 0.25) is 11.7 Å². The van der Waals surface area contributed by atoms with Gasteiger partial charge in [-0.15, -0.1) is 0 Å². The molecule has 1 N–H and O–H groups in total. The summed E-state index contributed by atoms with van der Waals surface area (Å²) in [5.41, 5.74) is 0.440. The SMILES string of the molecule is COC(=O)[C@@H](C(C)=O)[C@@H](NC(C)=O)c1cc(OC)c(OC)c(OC)c1. The van der Waals surface area contributed by atoms with Gasteiger partial charge in [0, 0.05) is 6.92 Å². The number of nitrogens with one attached hydrogen (secondary N) is 1. The molecule has 8 nitrogen and oxygen atoms in total. The largest absolute Gasteiger partial charge is 0.493 e. The van der Waals surface area contributed by atoms with Gasteiger partial charge in [-0.3, -0.25) is 14.4 Å². The number of ether oxygens (including phenoxy) is 4. The van der Waals surface area contributed by atoms with E-state index in [2.05, 4.69) is 5.32 Å². The van der Waals surface area contributed by atoms with E-state index in [4.69, 9.17) is 18.9 Å². The van der Waals surface area contributed by atoms with Gasteiger partial charge in [0.25, 0.3) is 0 Å². The number of esters is 1. The quantitative estimate of drug-likeness (QED) is 0.555. The molecule has 0 aliphatic rings. The van der Waals surface area contributed by atoms with Crippen LogP contribution < -0.4 is 19.5 Å². The first-order chi connectivity index (χ1) is 11.8. The van der Waals surface area contributed by atoms with E-state index in [9.17, 15) is 14.4 Å². The summed E-state index contributed by atoms with van der Waals surface area (Å²) in [6.07, 6.45) is 0. The van der Waals surface area contributed by atoms with Crippen molar-refractivity contribution in [3.8, 4) is 17.2 Å². The predicted octanol–water partition coefficient (Wildman–Crippen LogP) is 1.27. The third kappa shape index (κ3) is 4.62. The minimum atomic E-state index is -1.21. The molecule has 0 spiro atoms. The molecule has 0 aliphatic carbocycles. The summed E-state index contributed by atoms with van der Waals surface area (Å²) in [7, 11) is 5.52. The minimum Gasteiger partial charge on any atom is -0.493 e. The molecule has 0 fully saturated rings. The minimum absolute atomic E-state index is 0.333. The van der Waals surface area contributed by atoms with Crippen molar-refractivity contribution >= 4 is 17.7 Å². The van der Waals surface area contributed by atoms with Gasteiger partial charge in [-0.1, -0.05) is 0 Å². The number of carbonyl (C=O) groups is 3. The summed E-state index contributed by atoms with van der Waals surface area (Å²) in [4.78, 5) is 35.8. The van der Waals surface area contributed by atoms with E-state index in [-0.39, 0.29) is 0 Å². The highest BCUT2D eigenvalue weighted by Crippen LogP contribution is 2.41. The number of methoxy groups -OCH3 is 4. The number of ketones is 1. The van der Waals surface area contributed by atoms with Crippen LogP contribution in [-0.4, -0.2) is 46.1 Å². The molecule has 138 valence electrons. The first-order valence-electron chi connectivity index (χ1n) is 7.45. The number of hydrogen-bond donors (Lipinski definition) is 1. The number of Topliss-reactive ketones (excluding diaryl/α,β-unsaturated/α-hetero) is 1. The molecule has 0 saturated heterocycles. The summed E-state index contributed by atoms with van der Waals surface area (Å²) in [6.45, 7) is 2.55. The standard InChI is InChI=1S/C17H23NO7/c1-9(19)14(17(21)25-6)15(18-10(2)20)11-7-12(22-3)16(24-5)13(8-11)23-4/h7-8,14-15H,1-6H3,(H,18,20)/t14-,15-/m0/s1. The number of amides is 1. The number of hydrogen-bond acceptors (Lipinski definition) is 7. The average molecular weight is 353 g/mol. The van der Waals surface area contributed by atoms with Crippen LogP contribution in [0.2, 0.25) is 0 Å². The predicted molar refractivity (Wildman–Crippen MR) is 88.8 cm³/mol. The topological polar surface area (TPSA) is 100 Å². The summed E-state index contributed by atoms with van der Waals surface area (Å²) < 4.78 is 20.5. The zero-order valence-corrected chi connectivity index (χ0v) is 15.2. The molecule has 0 saturated carbocycles. The van der Waals surface area contributed by atoms with Crippen LogP contribution in [-0.2, 0) is 19.1 Å². The van der Waals surface area contributed by atoms with Gasteiger partial charge in [0.1, 0.15) is 11.7 Å². The Balaban J connectivity index is 3.57. The van der Waals surface area contributed by atoms with Crippen molar-refractivity contribution in [2.75, 3.05) is 28.4 Å². The highest BCUT2D eigenvalue weighted by molar-refractivity contribution is 5.99. The van der Waals surface area contributed by atoms with E-state index in [1.807, 2.05) is 0 Å². The molecule has 0 aromatic heterocycles. The van der Waals surface area contributed by atoms with Crippen LogP contribution >= 0.6 is 0 Å². The molecular weight excluding hydrogens is 330 g/mol. The zero-order valence-electron chi connectivity index (χ0n) is 15.2. The summed E-state index contributed by atoms with van der Waals surface area (Å²) in [5.74, 6) is -1.79. The Kier molecular flexibility index (Phi) is 7.22. The number of carbonyl (C=O) groups excluding carboxylic acids is 3. The van der Waals surface area contributed by atoms with Crippen molar-refractivity contribution in [3.63, 3.8) is 0 Å². The van der Waals surface area contributed by atoms with Gasteiger partial charge in [-0.25, -0.2) is 0 Å². The fraction of sp³-hybridized carbons (Fsp3) is 0.471. The van der Waals surface area contributed by atoms with Crippen molar-refractivity contribution in [1.29, 1.82) is 0 Å². The maximum absolute atomic E-state index is 12.1. The Morgan fingerprint density at radius 1 is 0.920 bits per heavy atom.